The van der Waals surface area contributed by atoms with Crippen LogP contribution >= 0.6 is 11.6 Å². The summed E-state index contributed by atoms with van der Waals surface area (Å²) in [5.41, 5.74) is 1.82. The van der Waals surface area contributed by atoms with Crippen LogP contribution < -0.4 is 10.6 Å². The number of aryl methyl sites for hydroxylation is 1. The summed E-state index contributed by atoms with van der Waals surface area (Å²) in [5, 5.41) is 11.4. The lowest BCUT2D eigenvalue weighted by Crippen LogP contribution is -2.39. The van der Waals surface area contributed by atoms with Crippen molar-refractivity contribution >= 4 is 23.3 Å². The van der Waals surface area contributed by atoms with Crippen LogP contribution in [0.2, 0.25) is 5.02 Å². The molecule has 2 aromatic rings. The van der Waals surface area contributed by atoms with Crippen molar-refractivity contribution in [2.75, 3.05) is 11.9 Å². The van der Waals surface area contributed by atoms with E-state index in [4.69, 9.17) is 11.6 Å². The lowest BCUT2D eigenvalue weighted by molar-refractivity contribution is -0.118. The lowest BCUT2D eigenvalue weighted by atomic mass is 10.1. The van der Waals surface area contributed by atoms with Crippen molar-refractivity contribution in [3.63, 3.8) is 0 Å². The molecule has 1 atom stereocenters. The average molecular weight is 333 g/mol. The molecule has 1 amide bonds. The molecule has 1 aromatic heterocycles. The molecule has 1 aromatic carbocycles. The zero-order valence-electron chi connectivity index (χ0n) is 13.2. The highest BCUT2D eigenvalue weighted by molar-refractivity contribution is 6.30. The number of hydrogen-bond donors (Lipinski definition) is 2. The maximum Gasteiger partial charge on any atom is 0.242 e. The van der Waals surface area contributed by atoms with Gasteiger partial charge >= 0.3 is 0 Å². The third kappa shape index (κ3) is 3.92. The zero-order chi connectivity index (χ0) is 16.2. The summed E-state index contributed by atoms with van der Waals surface area (Å²) < 4.78 is 1.78. The van der Waals surface area contributed by atoms with E-state index in [1.807, 2.05) is 37.3 Å². The van der Waals surface area contributed by atoms with Crippen molar-refractivity contribution in [3.05, 3.63) is 41.0 Å². The molecule has 1 fully saturated rings. The minimum atomic E-state index is -0.130. The van der Waals surface area contributed by atoms with Crippen LogP contribution in [0.4, 0.5) is 5.82 Å². The molecule has 0 radical (unpaired) electrons. The third-order valence-corrected chi connectivity index (χ3v) is 4.30. The highest BCUT2D eigenvalue weighted by Gasteiger charge is 2.20. The Kier molecular flexibility index (Phi) is 4.98. The number of nitrogens with zero attached hydrogens (tertiary/aromatic N) is 2. The Bertz CT molecular complexity index is 690. The number of amides is 1. The average Bonchev–Trinajstić information content (AvgIpc) is 2.74. The smallest absolute Gasteiger partial charge is 0.242 e. The molecule has 1 unspecified atom stereocenters. The van der Waals surface area contributed by atoms with Crippen LogP contribution in [-0.2, 0) is 4.79 Å². The van der Waals surface area contributed by atoms with E-state index in [1.54, 1.807) is 4.68 Å². The van der Waals surface area contributed by atoms with Gasteiger partial charge in [-0.05, 0) is 44.5 Å². The number of rotatable bonds is 3. The minimum Gasteiger partial charge on any atom is -0.308 e. The second-order valence-corrected chi connectivity index (χ2v) is 6.34. The first-order valence-corrected chi connectivity index (χ1v) is 8.38. The second kappa shape index (κ2) is 7.15. The Morgan fingerprint density at radius 1 is 1.35 bits per heavy atom. The van der Waals surface area contributed by atoms with E-state index in [1.165, 1.54) is 6.42 Å². The number of carbonyl (C=O) groups is 1. The molecule has 23 heavy (non-hydrogen) atoms. The summed E-state index contributed by atoms with van der Waals surface area (Å²) in [4.78, 5) is 12.4. The Labute approximate surface area is 141 Å². The SMILES string of the molecule is Cc1cc(NC(=O)C2CCCCCN2)nn1-c1cccc(Cl)c1. The highest BCUT2D eigenvalue weighted by atomic mass is 35.5. The van der Waals surface area contributed by atoms with Crippen LogP contribution in [0.1, 0.15) is 31.4 Å². The summed E-state index contributed by atoms with van der Waals surface area (Å²) in [6.07, 6.45) is 4.27. The fourth-order valence-electron chi connectivity index (χ4n) is 2.87. The van der Waals surface area contributed by atoms with Gasteiger partial charge in [0.15, 0.2) is 5.82 Å². The van der Waals surface area contributed by atoms with Crippen LogP contribution in [0.15, 0.2) is 30.3 Å². The van der Waals surface area contributed by atoms with Gasteiger partial charge in [0.2, 0.25) is 5.91 Å². The van der Waals surface area contributed by atoms with Gasteiger partial charge in [-0.25, -0.2) is 4.68 Å². The normalized spacial score (nSPS) is 18.4. The number of benzene rings is 1. The summed E-state index contributed by atoms with van der Waals surface area (Å²) in [5.74, 6) is 0.557. The van der Waals surface area contributed by atoms with E-state index in [9.17, 15) is 4.79 Å². The van der Waals surface area contributed by atoms with E-state index < -0.39 is 0 Å². The molecular formula is C17H21ClN4O. The Morgan fingerprint density at radius 3 is 3.04 bits per heavy atom. The van der Waals surface area contributed by atoms with Gasteiger partial charge < -0.3 is 10.6 Å². The molecule has 6 heteroatoms. The Balaban J connectivity index is 1.74. The van der Waals surface area contributed by atoms with Gasteiger partial charge in [0.1, 0.15) is 0 Å². The first-order valence-electron chi connectivity index (χ1n) is 8.00. The van der Waals surface area contributed by atoms with Crippen molar-refractivity contribution in [1.82, 2.24) is 15.1 Å². The highest BCUT2D eigenvalue weighted by Crippen LogP contribution is 2.19. The molecule has 5 nitrogen and oxygen atoms in total. The maximum absolute atomic E-state index is 12.4. The van der Waals surface area contributed by atoms with Crippen LogP contribution in [0, 0.1) is 6.92 Å². The fraction of sp³-hybridized carbons (Fsp3) is 0.412. The predicted octanol–water partition coefficient (Wildman–Crippen LogP) is 3.30. The molecule has 0 aliphatic carbocycles. The quantitative estimate of drug-likeness (QED) is 0.906. The van der Waals surface area contributed by atoms with Gasteiger partial charge in [-0.1, -0.05) is 30.5 Å². The van der Waals surface area contributed by atoms with E-state index in [2.05, 4.69) is 15.7 Å². The van der Waals surface area contributed by atoms with Gasteiger partial charge in [0.05, 0.1) is 11.7 Å². The second-order valence-electron chi connectivity index (χ2n) is 5.91. The van der Waals surface area contributed by atoms with Crippen molar-refractivity contribution < 1.29 is 4.79 Å². The van der Waals surface area contributed by atoms with E-state index in [0.29, 0.717) is 10.8 Å². The molecule has 2 N–H and O–H groups in total. The van der Waals surface area contributed by atoms with E-state index in [-0.39, 0.29) is 11.9 Å². The molecule has 3 rings (SSSR count). The fourth-order valence-corrected chi connectivity index (χ4v) is 3.06. The van der Waals surface area contributed by atoms with E-state index in [0.717, 1.165) is 37.2 Å². The van der Waals surface area contributed by atoms with Crippen molar-refractivity contribution in [2.45, 2.75) is 38.6 Å². The van der Waals surface area contributed by atoms with Gasteiger partial charge in [-0.2, -0.15) is 0 Å². The molecule has 1 saturated heterocycles. The molecule has 1 aliphatic heterocycles. The Morgan fingerprint density at radius 2 is 2.22 bits per heavy atom. The summed E-state index contributed by atoms with van der Waals surface area (Å²) >= 11 is 6.04. The molecule has 0 saturated carbocycles. The molecule has 1 aliphatic rings. The number of halogens is 1. The summed E-state index contributed by atoms with van der Waals surface area (Å²) in [6, 6.07) is 9.23. The molecule has 122 valence electrons. The summed E-state index contributed by atoms with van der Waals surface area (Å²) in [7, 11) is 0. The standard InChI is InChI=1S/C17H21ClN4O/c1-12-10-16(20-17(23)15-8-3-2-4-9-19-15)21-22(12)14-7-5-6-13(18)11-14/h5-7,10-11,15,19H,2-4,8-9H2,1H3,(H,20,21,23). The van der Waals surface area contributed by atoms with Crippen LogP contribution in [-0.4, -0.2) is 28.3 Å². The number of hydrogen-bond acceptors (Lipinski definition) is 3. The first kappa shape index (κ1) is 16.0. The van der Waals surface area contributed by atoms with E-state index >= 15 is 0 Å². The molecule has 2 heterocycles. The topological polar surface area (TPSA) is 59.0 Å². The van der Waals surface area contributed by atoms with Crippen LogP contribution in [0.3, 0.4) is 0 Å². The van der Waals surface area contributed by atoms with Gasteiger partial charge in [-0.3, -0.25) is 4.79 Å². The maximum atomic E-state index is 12.4. The Hall–Kier alpha value is -1.85. The molecule has 0 spiro atoms. The van der Waals surface area contributed by atoms with Crippen LogP contribution in [0.25, 0.3) is 5.69 Å². The third-order valence-electron chi connectivity index (χ3n) is 4.07. The van der Waals surface area contributed by atoms with Gasteiger partial charge in [0.25, 0.3) is 0 Å². The summed E-state index contributed by atoms with van der Waals surface area (Å²) in [6.45, 7) is 2.85. The number of anilines is 1. The van der Waals surface area contributed by atoms with Gasteiger partial charge in [0, 0.05) is 16.8 Å². The lowest BCUT2D eigenvalue weighted by Gasteiger charge is -2.14. The van der Waals surface area contributed by atoms with Crippen molar-refractivity contribution in [3.8, 4) is 5.69 Å². The number of aromatic nitrogens is 2. The first-order chi connectivity index (χ1) is 11.1. The van der Waals surface area contributed by atoms with Gasteiger partial charge in [-0.15, -0.1) is 5.10 Å². The zero-order valence-corrected chi connectivity index (χ0v) is 13.9. The minimum absolute atomic E-state index is 0.0114. The predicted molar refractivity (Wildman–Crippen MR) is 92.2 cm³/mol. The molecule has 0 bridgehead atoms. The number of nitrogens with one attached hydrogen (secondary N) is 2. The monoisotopic (exact) mass is 332 g/mol. The number of carbonyl (C=O) groups excluding carboxylic acids is 1. The van der Waals surface area contributed by atoms with Crippen LogP contribution in [0.5, 0.6) is 0 Å². The van der Waals surface area contributed by atoms with Crippen molar-refractivity contribution in [2.24, 2.45) is 0 Å². The van der Waals surface area contributed by atoms with Crippen molar-refractivity contribution in [1.29, 1.82) is 0 Å². The molecular weight excluding hydrogens is 312 g/mol. The largest absolute Gasteiger partial charge is 0.308 e.